The van der Waals surface area contributed by atoms with Crippen molar-refractivity contribution in [3.8, 4) is 5.75 Å². The molecule has 0 bridgehead atoms. The highest BCUT2D eigenvalue weighted by Gasteiger charge is 2.44. The summed E-state index contributed by atoms with van der Waals surface area (Å²) in [6.07, 6.45) is -7.70. The molecule has 0 amide bonds. The fourth-order valence-electron chi connectivity index (χ4n) is 3.64. The van der Waals surface area contributed by atoms with E-state index in [-0.39, 0.29) is 5.75 Å². The zero-order valence-corrected chi connectivity index (χ0v) is 17.6. The Hall–Kier alpha value is -3.24. The third-order valence-electron chi connectivity index (χ3n) is 5.49. The quantitative estimate of drug-likeness (QED) is 0.491. The highest BCUT2D eigenvalue weighted by molar-refractivity contribution is 5.90. The molecule has 9 heteroatoms. The van der Waals surface area contributed by atoms with Crippen LogP contribution in [0.3, 0.4) is 0 Å². The molecule has 0 saturated carbocycles. The fraction of sp³-hybridized carbons (Fsp3) is 0.240. The zero-order valence-electron chi connectivity index (χ0n) is 17.6. The van der Waals surface area contributed by atoms with Crippen LogP contribution in [0.15, 0.2) is 60.7 Å². The molecule has 0 spiro atoms. The van der Waals surface area contributed by atoms with Crippen LogP contribution in [-0.4, -0.2) is 52.3 Å². The number of hydrogen-bond donors (Lipinski definition) is 3. The standard InChI is InChI=1S/C25H21F3O6/c26-25(27,28)18-7-3-4-14(10-18)8-9-17-11-15-5-1-2-6-16(15)12-19(17)33-24-23(32)22(31)21(30)20(13-29)34-24/h1-12,20-22,24,29-31H,13H2/b9-8+/t20-,21-,22+,24-/m1/s1. The molecule has 4 rings (SSSR count). The first-order chi connectivity index (χ1) is 16.2. The number of ketones is 1. The van der Waals surface area contributed by atoms with Gasteiger partial charge in [-0.05, 0) is 40.6 Å². The first kappa shape index (κ1) is 23.9. The van der Waals surface area contributed by atoms with Crippen LogP contribution < -0.4 is 4.74 Å². The molecule has 1 aliphatic heterocycles. The van der Waals surface area contributed by atoms with Gasteiger partial charge in [-0.25, -0.2) is 0 Å². The van der Waals surface area contributed by atoms with Gasteiger partial charge in [0.25, 0.3) is 6.29 Å². The summed E-state index contributed by atoms with van der Waals surface area (Å²) in [5.41, 5.74) is -0.0417. The summed E-state index contributed by atoms with van der Waals surface area (Å²) in [7, 11) is 0. The Morgan fingerprint density at radius 2 is 1.68 bits per heavy atom. The van der Waals surface area contributed by atoms with Crippen molar-refractivity contribution in [2.45, 2.75) is 30.8 Å². The summed E-state index contributed by atoms with van der Waals surface area (Å²) >= 11 is 0. The van der Waals surface area contributed by atoms with Gasteiger partial charge in [-0.15, -0.1) is 0 Å². The first-order valence-corrected chi connectivity index (χ1v) is 10.4. The highest BCUT2D eigenvalue weighted by atomic mass is 19.4. The van der Waals surface area contributed by atoms with E-state index in [4.69, 9.17) is 9.47 Å². The van der Waals surface area contributed by atoms with Crippen molar-refractivity contribution in [1.82, 2.24) is 0 Å². The Bertz CT molecular complexity index is 1220. The molecule has 4 atom stereocenters. The number of halogens is 3. The lowest BCUT2D eigenvalue weighted by Crippen LogP contribution is -2.57. The van der Waals surface area contributed by atoms with E-state index < -0.39 is 48.7 Å². The minimum atomic E-state index is -4.48. The number of carbonyl (C=O) groups is 1. The maximum absolute atomic E-state index is 13.0. The molecule has 3 aromatic carbocycles. The Morgan fingerprint density at radius 3 is 2.35 bits per heavy atom. The molecule has 1 fully saturated rings. The van der Waals surface area contributed by atoms with E-state index in [1.807, 2.05) is 12.1 Å². The first-order valence-electron chi connectivity index (χ1n) is 10.4. The van der Waals surface area contributed by atoms with E-state index in [1.54, 1.807) is 30.3 Å². The van der Waals surface area contributed by atoms with Crippen LogP contribution in [0.25, 0.3) is 22.9 Å². The number of Topliss-reactive ketones (excluding diaryl/α,β-unsaturated/α-hetero) is 1. The van der Waals surface area contributed by atoms with Gasteiger partial charge in [0.15, 0.2) is 0 Å². The van der Waals surface area contributed by atoms with Crippen molar-refractivity contribution >= 4 is 28.7 Å². The maximum atomic E-state index is 13.0. The molecule has 3 aromatic rings. The van der Waals surface area contributed by atoms with Gasteiger partial charge in [-0.3, -0.25) is 4.79 Å². The molecule has 1 saturated heterocycles. The largest absolute Gasteiger partial charge is 0.457 e. The number of aliphatic hydroxyl groups is 3. The molecule has 0 radical (unpaired) electrons. The summed E-state index contributed by atoms with van der Waals surface area (Å²) in [6.45, 7) is -0.647. The minimum Gasteiger partial charge on any atom is -0.457 e. The normalized spacial score (nSPS) is 23.5. The number of fused-ring (bicyclic) bond motifs is 1. The second-order valence-corrected chi connectivity index (χ2v) is 7.84. The van der Waals surface area contributed by atoms with Crippen LogP contribution in [-0.2, 0) is 15.7 Å². The topological polar surface area (TPSA) is 96.2 Å². The molecule has 1 aliphatic rings. The van der Waals surface area contributed by atoms with Crippen molar-refractivity contribution in [2.24, 2.45) is 0 Å². The van der Waals surface area contributed by atoms with E-state index in [0.717, 1.165) is 22.9 Å². The second kappa shape index (κ2) is 9.55. The molecular formula is C25H21F3O6. The van der Waals surface area contributed by atoms with Gasteiger partial charge >= 0.3 is 6.18 Å². The summed E-state index contributed by atoms with van der Waals surface area (Å²) in [5.74, 6) is -0.751. The maximum Gasteiger partial charge on any atom is 0.416 e. The van der Waals surface area contributed by atoms with Crippen LogP contribution in [0.1, 0.15) is 16.7 Å². The summed E-state index contributed by atoms with van der Waals surface area (Å²) < 4.78 is 50.2. The Morgan fingerprint density at radius 1 is 0.971 bits per heavy atom. The van der Waals surface area contributed by atoms with Crippen molar-refractivity contribution in [3.63, 3.8) is 0 Å². The van der Waals surface area contributed by atoms with Crippen molar-refractivity contribution < 1.29 is 42.8 Å². The molecule has 6 nitrogen and oxygen atoms in total. The number of hydrogen-bond acceptors (Lipinski definition) is 6. The average molecular weight is 474 g/mol. The Labute approximate surface area is 192 Å². The van der Waals surface area contributed by atoms with Crippen LogP contribution in [0.4, 0.5) is 13.2 Å². The lowest BCUT2D eigenvalue weighted by atomic mass is 10.0. The number of alkyl halides is 3. The number of ether oxygens (including phenoxy) is 2. The van der Waals surface area contributed by atoms with Gasteiger partial charge in [0.2, 0.25) is 5.78 Å². The van der Waals surface area contributed by atoms with Crippen LogP contribution in [0.5, 0.6) is 5.75 Å². The molecule has 1 heterocycles. The van der Waals surface area contributed by atoms with Gasteiger partial charge in [0.1, 0.15) is 24.1 Å². The zero-order chi connectivity index (χ0) is 24.5. The second-order valence-electron chi connectivity index (χ2n) is 7.84. The summed E-state index contributed by atoms with van der Waals surface area (Å²) in [4.78, 5) is 12.4. The van der Waals surface area contributed by atoms with E-state index in [1.165, 1.54) is 18.2 Å². The van der Waals surface area contributed by atoms with Crippen molar-refractivity contribution in [1.29, 1.82) is 0 Å². The number of rotatable bonds is 5. The lowest BCUT2D eigenvalue weighted by Gasteiger charge is -2.35. The van der Waals surface area contributed by atoms with Crippen LogP contribution >= 0.6 is 0 Å². The van der Waals surface area contributed by atoms with Crippen LogP contribution in [0, 0.1) is 0 Å². The number of carbonyl (C=O) groups excluding carboxylic acids is 1. The predicted molar refractivity (Wildman–Crippen MR) is 118 cm³/mol. The molecule has 178 valence electrons. The van der Waals surface area contributed by atoms with E-state index >= 15 is 0 Å². The van der Waals surface area contributed by atoms with Gasteiger partial charge in [0, 0.05) is 5.56 Å². The van der Waals surface area contributed by atoms with E-state index in [9.17, 15) is 33.3 Å². The highest BCUT2D eigenvalue weighted by Crippen LogP contribution is 2.32. The molecule has 0 aromatic heterocycles. The lowest BCUT2D eigenvalue weighted by molar-refractivity contribution is -0.219. The summed E-state index contributed by atoms with van der Waals surface area (Å²) in [6, 6.07) is 15.4. The van der Waals surface area contributed by atoms with Gasteiger partial charge in [0.05, 0.1) is 12.2 Å². The van der Waals surface area contributed by atoms with Crippen molar-refractivity contribution in [2.75, 3.05) is 6.61 Å². The monoisotopic (exact) mass is 474 g/mol. The van der Waals surface area contributed by atoms with Crippen molar-refractivity contribution in [3.05, 3.63) is 77.4 Å². The van der Waals surface area contributed by atoms with E-state index in [2.05, 4.69) is 0 Å². The minimum absolute atomic E-state index is 0.167. The molecule has 0 aliphatic carbocycles. The Balaban J connectivity index is 1.70. The molecular weight excluding hydrogens is 453 g/mol. The third kappa shape index (κ3) is 4.97. The van der Waals surface area contributed by atoms with E-state index in [0.29, 0.717) is 11.1 Å². The predicted octanol–water partition coefficient (Wildman–Crippen LogP) is 3.42. The van der Waals surface area contributed by atoms with Gasteiger partial charge < -0.3 is 24.8 Å². The van der Waals surface area contributed by atoms with Crippen LogP contribution in [0.2, 0.25) is 0 Å². The Kier molecular flexibility index (Phi) is 6.72. The third-order valence-corrected chi connectivity index (χ3v) is 5.49. The fourth-order valence-corrected chi connectivity index (χ4v) is 3.64. The smallest absolute Gasteiger partial charge is 0.416 e. The number of aliphatic hydroxyl groups excluding tert-OH is 3. The number of benzene rings is 3. The molecule has 3 N–H and O–H groups in total. The average Bonchev–Trinajstić information content (AvgIpc) is 2.82. The van der Waals surface area contributed by atoms with Gasteiger partial charge in [-0.2, -0.15) is 13.2 Å². The SMILES string of the molecule is O=C1[C@H](Oc2cc3ccccc3cc2/C=C/c2cccc(C(F)(F)F)c2)O[C@H](CO)[C@@H](O)[C@@H]1O. The molecule has 0 unspecified atom stereocenters. The molecule has 34 heavy (non-hydrogen) atoms. The summed E-state index contributed by atoms with van der Waals surface area (Å²) in [5, 5.41) is 30.8. The van der Waals surface area contributed by atoms with Gasteiger partial charge in [-0.1, -0.05) is 48.6 Å².